The van der Waals surface area contributed by atoms with Crippen LogP contribution >= 0.6 is 24.4 Å². The molecule has 46 heavy (non-hydrogen) atoms. The Morgan fingerprint density at radius 2 is 1.59 bits per heavy atom. The molecule has 0 radical (unpaired) electrons. The zero-order valence-corrected chi connectivity index (χ0v) is 28.9. The number of halogens is 1. The fraction of sp³-hybridized carbons (Fsp3) is 0.545. The summed E-state index contributed by atoms with van der Waals surface area (Å²) in [7, 11) is 3.11. The lowest BCUT2D eigenvalue weighted by molar-refractivity contribution is -0.234. The Morgan fingerprint density at radius 1 is 0.913 bits per heavy atom. The van der Waals surface area contributed by atoms with Crippen molar-refractivity contribution in [1.82, 2.24) is 21.3 Å². The number of methoxy groups -OCH3 is 1. The van der Waals surface area contributed by atoms with E-state index in [-0.39, 0.29) is 49.6 Å². The van der Waals surface area contributed by atoms with Crippen molar-refractivity contribution in [2.24, 2.45) is 0 Å². The van der Waals surface area contributed by atoms with Crippen molar-refractivity contribution in [3.05, 3.63) is 65.7 Å². The Kier molecular flexibility index (Phi) is 21.8. The van der Waals surface area contributed by atoms with Crippen LogP contribution in [0.15, 0.2) is 54.6 Å². The van der Waals surface area contributed by atoms with Crippen LogP contribution in [0.5, 0.6) is 5.75 Å². The summed E-state index contributed by atoms with van der Waals surface area (Å²) in [6, 6.07) is 15.5. The molecule has 3 amide bonds. The van der Waals surface area contributed by atoms with Gasteiger partial charge in [-0.15, -0.1) is 12.4 Å². The third-order valence-electron chi connectivity index (χ3n) is 7.10. The highest BCUT2D eigenvalue weighted by atomic mass is 35.5. The highest BCUT2D eigenvalue weighted by Crippen LogP contribution is 2.16. The number of carbonyl (C=O) groups excluding carboxylic acids is 3. The van der Waals surface area contributed by atoms with Gasteiger partial charge >= 0.3 is 0 Å². The minimum absolute atomic E-state index is 0. The number of hydrogen-bond donors (Lipinski definition) is 5. The van der Waals surface area contributed by atoms with Gasteiger partial charge in [-0.05, 0) is 42.5 Å². The van der Waals surface area contributed by atoms with Crippen LogP contribution in [0, 0.1) is 0 Å². The molecule has 0 saturated heterocycles. The molecule has 0 saturated carbocycles. The SMILES string of the molecule is CCCC(CCC)OOSCC(NC(=O)CCC(=O)NC)C(=O)N[C@@H](Cc1ccccc1)[C@H](O)CNCc1cccc(OC)c1.Cl. The predicted molar refractivity (Wildman–Crippen MR) is 183 cm³/mol. The highest BCUT2D eigenvalue weighted by Gasteiger charge is 2.28. The van der Waals surface area contributed by atoms with Gasteiger partial charge in [-0.25, -0.2) is 4.89 Å². The minimum atomic E-state index is -0.998. The number of aliphatic hydroxyl groups is 1. The van der Waals surface area contributed by atoms with Gasteiger partial charge in [-0.3, -0.25) is 14.4 Å². The number of ether oxygens (including phenoxy) is 1. The average Bonchev–Trinajstić information content (AvgIpc) is 3.05. The largest absolute Gasteiger partial charge is 0.497 e. The van der Waals surface area contributed by atoms with Gasteiger partial charge in [0, 0.05) is 45.0 Å². The maximum Gasteiger partial charge on any atom is 0.243 e. The first-order valence-corrected chi connectivity index (χ1v) is 16.5. The van der Waals surface area contributed by atoms with Crippen molar-refractivity contribution in [1.29, 1.82) is 0 Å². The second kappa shape index (κ2) is 24.3. The predicted octanol–water partition coefficient (Wildman–Crippen LogP) is 3.87. The first kappa shape index (κ1) is 41.2. The van der Waals surface area contributed by atoms with Gasteiger partial charge in [0.05, 0.1) is 31.1 Å². The Labute approximate surface area is 283 Å². The van der Waals surface area contributed by atoms with E-state index in [1.807, 2.05) is 54.6 Å². The van der Waals surface area contributed by atoms with Gasteiger partial charge in [0.15, 0.2) is 0 Å². The van der Waals surface area contributed by atoms with Crippen LogP contribution in [0.25, 0.3) is 0 Å². The number of benzene rings is 2. The van der Waals surface area contributed by atoms with E-state index in [0.717, 1.165) is 54.6 Å². The van der Waals surface area contributed by atoms with Gasteiger partial charge in [0.25, 0.3) is 0 Å². The van der Waals surface area contributed by atoms with Gasteiger partial charge in [-0.2, -0.15) is 4.33 Å². The summed E-state index contributed by atoms with van der Waals surface area (Å²) in [6.45, 7) is 4.85. The maximum absolute atomic E-state index is 13.6. The van der Waals surface area contributed by atoms with E-state index in [0.29, 0.717) is 13.0 Å². The molecule has 0 heterocycles. The van der Waals surface area contributed by atoms with Crippen LogP contribution in [0.2, 0.25) is 0 Å². The molecule has 0 bridgehead atoms. The smallest absolute Gasteiger partial charge is 0.243 e. The van der Waals surface area contributed by atoms with Gasteiger partial charge in [0.2, 0.25) is 17.7 Å². The quantitative estimate of drug-likeness (QED) is 0.0510. The summed E-state index contributed by atoms with van der Waals surface area (Å²) < 4.78 is 10.7. The molecule has 0 spiro atoms. The lowest BCUT2D eigenvalue weighted by Gasteiger charge is -2.27. The van der Waals surface area contributed by atoms with Crippen LogP contribution < -0.4 is 26.0 Å². The Bertz CT molecular complexity index is 1140. The van der Waals surface area contributed by atoms with Crippen molar-refractivity contribution in [3.63, 3.8) is 0 Å². The standard InChI is InChI=1S/C33H50N4O7S.ClH/c1-5-11-26(12-6-2)43-44-45-23-29(36-32(40)18-17-31(39)34-3)33(41)37-28(20-24-13-8-7-9-14-24)30(38)22-35-21-25-15-10-16-27(19-25)42-4;/h7-10,13-16,19,26,28-30,35,38H,5-6,11-12,17-18,20-23H2,1-4H3,(H,34,39)(H,36,40)(H,37,41);1H/t28-,29?,30+;/m0./s1. The number of amides is 3. The third kappa shape index (κ3) is 16.6. The van der Waals surface area contributed by atoms with Crippen molar-refractivity contribution in [3.8, 4) is 5.75 Å². The summed E-state index contributed by atoms with van der Waals surface area (Å²) in [5.74, 6) is -0.403. The lowest BCUT2D eigenvalue weighted by Crippen LogP contribution is -2.55. The summed E-state index contributed by atoms with van der Waals surface area (Å²) in [6.07, 6.45) is 2.87. The summed E-state index contributed by atoms with van der Waals surface area (Å²) in [4.78, 5) is 43.5. The van der Waals surface area contributed by atoms with Crippen LogP contribution in [0.4, 0.5) is 0 Å². The van der Waals surface area contributed by atoms with Crippen molar-refractivity contribution < 1.29 is 33.4 Å². The van der Waals surface area contributed by atoms with Crippen molar-refractivity contribution in [2.75, 3.05) is 26.5 Å². The van der Waals surface area contributed by atoms with Gasteiger partial charge in [0.1, 0.15) is 11.8 Å². The molecule has 2 aromatic carbocycles. The number of hydrogen-bond acceptors (Lipinski definition) is 9. The van der Waals surface area contributed by atoms with Gasteiger partial charge in [-0.1, -0.05) is 69.2 Å². The topological polar surface area (TPSA) is 147 Å². The Balaban J connectivity index is 0.0000106. The number of nitrogens with one attached hydrogen (secondary N) is 4. The van der Waals surface area contributed by atoms with E-state index in [2.05, 4.69) is 35.1 Å². The summed E-state index contributed by atoms with van der Waals surface area (Å²) >= 11 is 0.932. The molecule has 2 aromatic rings. The molecule has 0 aromatic heterocycles. The van der Waals surface area contributed by atoms with E-state index in [9.17, 15) is 19.5 Å². The first-order chi connectivity index (χ1) is 21.8. The molecule has 0 fully saturated rings. The zero-order valence-electron chi connectivity index (χ0n) is 27.3. The number of rotatable bonds is 23. The Morgan fingerprint density at radius 3 is 2.24 bits per heavy atom. The second-order valence-corrected chi connectivity index (χ2v) is 11.5. The molecule has 0 aliphatic rings. The molecule has 13 heteroatoms. The first-order valence-electron chi connectivity index (χ1n) is 15.6. The van der Waals surface area contributed by atoms with Crippen LogP contribution in [0.1, 0.15) is 63.5 Å². The molecule has 2 rings (SSSR count). The molecular formula is C33H51ClN4O7S. The molecule has 0 aliphatic heterocycles. The van der Waals surface area contributed by atoms with E-state index < -0.39 is 30.0 Å². The molecule has 5 N–H and O–H groups in total. The van der Waals surface area contributed by atoms with E-state index in [1.54, 1.807) is 7.11 Å². The van der Waals surface area contributed by atoms with Crippen molar-refractivity contribution >= 4 is 42.2 Å². The maximum atomic E-state index is 13.6. The normalized spacial score (nSPS) is 12.8. The van der Waals surface area contributed by atoms with Crippen molar-refractivity contribution in [2.45, 2.75) is 89.6 Å². The highest BCUT2D eigenvalue weighted by molar-refractivity contribution is 7.94. The Hall–Kier alpha value is -2.87. The molecule has 11 nitrogen and oxygen atoms in total. The second-order valence-electron chi connectivity index (χ2n) is 10.8. The number of aliphatic hydroxyl groups excluding tert-OH is 1. The van der Waals surface area contributed by atoms with E-state index in [1.165, 1.54) is 7.05 Å². The van der Waals surface area contributed by atoms with E-state index in [4.69, 9.17) is 14.0 Å². The van der Waals surface area contributed by atoms with Crippen LogP contribution in [0.3, 0.4) is 0 Å². The monoisotopic (exact) mass is 682 g/mol. The van der Waals surface area contributed by atoms with Gasteiger partial charge < -0.3 is 31.1 Å². The molecule has 258 valence electrons. The molecular weight excluding hydrogens is 632 g/mol. The number of carbonyl (C=O) groups is 3. The third-order valence-corrected chi connectivity index (χ3v) is 7.74. The minimum Gasteiger partial charge on any atom is -0.497 e. The molecule has 1 unspecified atom stereocenters. The van der Waals surface area contributed by atoms with Crippen LogP contribution in [-0.4, -0.2) is 73.6 Å². The lowest BCUT2D eigenvalue weighted by atomic mass is 10.0. The zero-order chi connectivity index (χ0) is 32.9. The molecule has 0 aliphatic carbocycles. The fourth-order valence-corrected chi connectivity index (χ4v) is 5.18. The van der Waals surface area contributed by atoms with Crippen LogP contribution in [-0.2, 0) is 36.6 Å². The summed E-state index contributed by atoms with van der Waals surface area (Å²) in [5, 5.41) is 22.6. The van der Waals surface area contributed by atoms with E-state index >= 15 is 0 Å². The molecule has 3 atom stereocenters. The fourth-order valence-electron chi connectivity index (χ4n) is 4.59. The average molecular weight is 683 g/mol. The summed E-state index contributed by atoms with van der Waals surface area (Å²) in [5.41, 5.74) is 1.92.